The number of nitrogens with two attached hydrogens (primary N) is 1. The lowest BCUT2D eigenvalue weighted by Crippen LogP contribution is -2.39. The number of hydrazine groups is 1. The van der Waals surface area contributed by atoms with Crippen LogP contribution < -0.4 is 21.3 Å². The van der Waals surface area contributed by atoms with Crippen molar-refractivity contribution in [2.45, 2.75) is 30.3 Å². The van der Waals surface area contributed by atoms with E-state index in [2.05, 4.69) is 16.2 Å². The molecule has 132 valence electrons. The van der Waals surface area contributed by atoms with E-state index in [9.17, 15) is 13.2 Å². The first-order valence-electron chi connectivity index (χ1n) is 7.84. The smallest absolute Gasteiger partial charge is 0.242 e. The Balaban J connectivity index is 1.66. The minimum absolute atomic E-state index is 0.0344. The number of primary sulfonamides is 1. The Morgan fingerprint density at radius 3 is 2.56 bits per heavy atom. The predicted molar refractivity (Wildman–Crippen MR) is 95.0 cm³/mol. The van der Waals surface area contributed by atoms with E-state index in [1.165, 1.54) is 23.8 Å². The molecule has 1 aliphatic rings. The molecule has 5 N–H and O–H groups in total. The van der Waals surface area contributed by atoms with Crippen LogP contribution in [0.2, 0.25) is 0 Å². The van der Waals surface area contributed by atoms with Crippen molar-refractivity contribution in [2.24, 2.45) is 5.14 Å². The van der Waals surface area contributed by atoms with E-state index < -0.39 is 16.1 Å². The summed E-state index contributed by atoms with van der Waals surface area (Å²) in [5.74, 6) is -0.242. The topological polar surface area (TPSA) is 113 Å². The number of benzene rings is 2. The van der Waals surface area contributed by atoms with Gasteiger partial charge < -0.3 is 5.32 Å². The molecule has 0 aromatic heterocycles. The normalized spacial score (nSPS) is 20.4. The van der Waals surface area contributed by atoms with Gasteiger partial charge in [0.2, 0.25) is 15.9 Å². The molecule has 0 radical (unpaired) electrons. The first kappa shape index (κ1) is 17.6. The van der Waals surface area contributed by atoms with Crippen molar-refractivity contribution in [1.29, 1.82) is 0 Å². The first-order chi connectivity index (χ1) is 11.8. The van der Waals surface area contributed by atoms with Gasteiger partial charge in [0, 0.05) is 11.7 Å². The first-order valence-corrected chi connectivity index (χ1v) is 9.39. The van der Waals surface area contributed by atoms with Crippen molar-refractivity contribution in [3.8, 4) is 0 Å². The van der Waals surface area contributed by atoms with Crippen LogP contribution in [0.5, 0.6) is 0 Å². The van der Waals surface area contributed by atoms with Crippen molar-refractivity contribution >= 4 is 21.6 Å². The molecular formula is C17H20N4O3S. The van der Waals surface area contributed by atoms with Crippen LogP contribution >= 0.6 is 0 Å². The Morgan fingerprint density at radius 2 is 1.88 bits per heavy atom. The lowest BCUT2D eigenvalue weighted by Gasteiger charge is -2.11. The third-order valence-corrected chi connectivity index (χ3v) is 5.04. The summed E-state index contributed by atoms with van der Waals surface area (Å²) in [6.07, 6.45) is 0.587. The predicted octanol–water partition coefficient (Wildman–Crippen LogP) is 1.19. The molecule has 2 aromatic rings. The van der Waals surface area contributed by atoms with E-state index in [-0.39, 0.29) is 16.8 Å². The second-order valence-electron chi connectivity index (χ2n) is 6.10. The Bertz CT molecular complexity index is 881. The highest BCUT2D eigenvalue weighted by Gasteiger charge is 2.30. The van der Waals surface area contributed by atoms with Gasteiger partial charge in [-0.05, 0) is 37.1 Å². The number of anilines is 1. The summed E-state index contributed by atoms with van der Waals surface area (Å²) in [6, 6.07) is 13.6. The van der Waals surface area contributed by atoms with Gasteiger partial charge in [-0.1, -0.05) is 35.9 Å². The molecule has 3 rings (SSSR count). The molecule has 1 heterocycles. The number of sulfonamides is 1. The Hall–Kier alpha value is -2.26. The van der Waals surface area contributed by atoms with E-state index >= 15 is 0 Å². The number of hydrogen-bond donors (Lipinski definition) is 4. The van der Waals surface area contributed by atoms with Crippen LogP contribution in [0, 0.1) is 6.92 Å². The number of carbonyl (C=O) groups is 1. The molecule has 25 heavy (non-hydrogen) atoms. The van der Waals surface area contributed by atoms with Gasteiger partial charge in [0.05, 0.1) is 4.90 Å². The van der Waals surface area contributed by atoms with Crippen molar-refractivity contribution in [3.63, 3.8) is 0 Å². The fourth-order valence-corrected chi connectivity index (χ4v) is 3.29. The second kappa shape index (κ2) is 6.93. The van der Waals surface area contributed by atoms with E-state index in [1.54, 1.807) is 6.07 Å². The molecule has 1 amide bonds. The summed E-state index contributed by atoms with van der Waals surface area (Å²) < 4.78 is 22.8. The lowest BCUT2D eigenvalue weighted by atomic mass is 10.0. The zero-order valence-corrected chi connectivity index (χ0v) is 14.5. The van der Waals surface area contributed by atoms with Gasteiger partial charge in [0.25, 0.3) is 0 Å². The molecule has 2 aromatic carbocycles. The SMILES string of the molecule is Cc1ccc(C2CC(C(=O)Nc3cccc(S(N)(=O)=O)c3)NN2)cc1. The number of carbonyl (C=O) groups excluding carboxylic acids is 1. The lowest BCUT2D eigenvalue weighted by molar-refractivity contribution is -0.117. The highest BCUT2D eigenvalue weighted by Crippen LogP contribution is 2.23. The van der Waals surface area contributed by atoms with Gasteiger partial charge in [-0.3, -0.25) is 4.79 Å². The molecule has 7 nitrogen and oxygen atoms in total. The molecule has 1 aliphatic heterocycles. The van der Waals surface area contributed by atoms with Crippen molar-refractivity contribution in [3.05, 3.63) is 59.7 Å². The zero-order chi connectivity index (χ0) is 18.0. The van der Waals surface area contributed by atoms with Gasteiger partial charge in [0.1, 0.15) is 6.04 Å². The van der Waals surface area contributed by atoms with Crippen LogP contribution in [0.15, 0.2) is 53.4 Å². The van der Waals surface area contributed by atoms with Gasteiger partial charge in [-0.15, -0.1) is 0 Å². The van der Waals surface area contributed by atoms with Crippen molar-refractivity contribution in [1.82, 2.24) is 10.9 Å². The Morgan fingerprint density at radius 1 is 1.16 bits per heavy atom. The highest BCUT2D eigenvalue weighted by molar-refractivity contribution is 7.89. The average Bonchev–Trinajstić information content (AvgIpc) is 3.05. The van der Waals surface area contributed by atoms with Crippen LogP contribution in [0.4, 0.5) is 5.69 Å². The maximum Gasteiger partial charge on any atom is 0.242 e. The molecule has 8 heteroatoms. The van der Waals surface area contributed by atoms with E-state index in [1.807, 2.05) is 31.2 Å². The van der Waals surface area contributed by atoms with E-state index in [0.29, 0.717) is 12.1 Å². The molecule has 0 saturated carbocycles. The molecule has 1 saturated heterocycles. The average molecular weight is 360 g/mol. The summed E-state index contributed by atoms with van der Waals surface area (Å²) in [5, 5.41) is 7.83. The third kappa shape index (κ3) is 4.23. The van der Waals surface area contributed by atoms with Gasteiger partial charge in [-0.25, -0.2) is 24.4 Å². The Kier molecular flexibility index (Phi) is 4.87. The minimum Gasteiger partial charge on any atom is -0.325 e. The summed E-state index contributed by atoms with van der Waals surface area (Å²) in [4.78, 5) is 12.4. The summed E-state index contributed by atoms with van der Waals surface area (Å²) in [7, 11) is -3.81. The number of amides is 1. The largest absolute Gasteiger partial charge is 0.325 e. The van der Waals surface area contributed by atoms with Gasteiger partial charge in [-0.2, -0.15) is 0 Å². The minimum atomic E-state index is -3.81. The number of nitrogens with one attached hydrogen (secondary N) is 3. The summed E-state index contributed by atoms with van der Waals surface area (Å²) >= 11 is 0. The Labute approximate surface area is 146 Å². The van der Waals surface area contributed by atoms with Crippen molar-refractivity contribution in [2.75, 3.05) is 5.32 Å². The van der Waals surface area contributed by atoms with Crippen LogP contribution in [-0.4, -0.2) is 20.4 Å². The number of hydrogen-bond acceptors (Lipinski definition) is 5. The molecule has 2 unspecified atom stereocenters. The number of rotatable bonds is 4. The monoisotopic (exact) mass is 360 g/mol. The van der Waals surface area contributed by atoms with Crippen LogP contribution in [0.1, 0.15) is 23.6 Å². The number of aryl methyl sites for hydroxylation is 1. The molecule has 0 aliphatic carbocycles. The molecule has 0 bridgehead atoms. The standard InChI is InChI=1S/C17H20N4O3S/c1-11-5-7-12(8-6-11)15-10-16(21-20-15)17(22)19-13-3-2-4-14(9-13)25(18,23)24/h2-9,15-16,20-21H,10H2,1H3,(H,19,22)(H2,18,23,24). The summed E-state index contributed by atoms with van der Waals surface area (Å²) in [5.41, 5.74) is 8.76. The third-order valence-electron chi connectivity index (χ3n) is 4.13. The van der Waals surface area contributed by atoms with Gasteiger partial charge in [0.15, 0.2) is 0 Å². The van der Waals surface area contributed by atoms with Crippen LogP contribution in [0.25, 0.3) is 0 Å². The van der Waals surface area contributed by atoms with Gasteiger partial charge >= 0.3 is 0 Å². The van der Waals surface area contributed by atoms with E-state index in [4.69, 9.17) is 5.14 Å². The molecule has 2 atom stereocenters. The van der Waals surface area contributed by atoms with E-state index in [0.717, 1.165) is 5.56 Å². The fourth-order valence-electron chi connectivity index (χ4n) is 2.73. The van der Waals surface area contributed by atoms with Crippen molar-refractivity contribution < 1.29 is 13.2 Å². The maximum atomic E-state index is 12.4. The summed E-state index contributed by atoms with van der Waals surface area (Å²) in [6.45, 7) is 2.02. The molecule has 1 fully saturated rings. The highest BCUT2D eigenvalue weighted by atomic mass is 32.2. The van der Waals surface area contributed by atoms with Crippen LogP contribution in [-0.2, 0) is 14.8 Å². The maximum absolute atomic E-state index is 12.4. The molecule has 0 spiro atoms. The quantitative estimate of drug-likeness (QED) is 0.654. The molecular weight excluding hydrogens is 340 g/mol. The van der Waals surface area contributed by atoms with Crippen LogP contribution in [0.3, 0.4) is 0 Å². The fraction of sp³-hybridized carbons (Fsp3) is 0.235. The zero-order valence-electron chi connectivity index (χ0n) is 13.7. The second-order valence-corrected chi connectivity index (χ2v) is 7.66.